The maximum Gasteiger partial charge on any atom is 0.191 e. The number of aromatic nitrogens is 2. The van der Waals surface area contributed by atoms with Gasteiger partial charge in [-0.05, 0) is 30.5 Å². The molecule has 8 heteroatoms. The smallest absolute Gasteiger partial charge is 0.191 e. The van der Waals surface area contributed by atoms with E-state index in [1.807, 2.05) is 36.7 Å². The predicted octanol–water partition coefficient (Wildman–Crippen LogP) is 4.54. The van der Waals surface area contributed by atoms with Crippen molar-refractivity contribution in [3.05, 3.63) is 83.4 Å². The average Bonchev–Trinajstić information content (AvgIpc) is 3.24. The summed E-state index contributed by atoms with van der Waals surface area (Å²) in [6.07, 6.45) is 6.08. The molecule has 32 heavy (non-hydrogen) atoms. The van der Waals surface area contributed by atoms with Gasteiger partial charge in [0.25, 0.3) is 0 Å². The number of para-hydroxylation sites is 1. The monoisotopic (exact) mass is 564 g/mol. The van der Waals surface area contributed by atoms with Gasteiger partial charge in [-0.15, -0.1) is 24.0 Å². The SMILES string of the molecule is CN=C(NCc1nccn1Cc1ccccc1)NC1CCCN(c2ccccc2Cl)C1.I. The van der Waals surface area contributed by atoms with E-state index in [-0.39, 0.29) is 24.0 Å². The maximum atomic E-state index is 6.41. The first-order valence-electron chi connectivity index (χ1n) is 10.7. The minimum Gasteiger partial charge on any atom is -0.368 e. The summed E-state index contributed by atoms with van der Waals surface area (Å²) in [6, 6.07) is 18.8. The number of rotatable bonds is 6. The van der Waals surface area contributed by atoms with Crippen molar-refractivity contribution >= 4 is 47.2 Å². The average molecular weight is 565 g/mol. The topological polar surface area (TPSA) is 57.5 Å². The first-order chi connectivity index (χ1) is 15.2. The lowest BCUT2D eigenvalue weighted by molar-refractivity contribution is 0.467. The second-order valence-corrected chi connectivity index (χ2v) is 8.17. The summed E-state index contributed by atoms with van der Waals surface area (Å²) >= 11 is 6.41. The molecule has 1 saturated heterocycles. The van der Waals surface area contributed by atoms with Gasteiger partial charge < -0.3 is 20.1 Å². The Morgan fingerprint density at radius 1 is 1.16 bits per heavy atom. The molecule has 1 aliphatic heterocycles. The molecule has 3 aromatic rings. The number of aliphatic imine (C=N–C) groups is 1. The molecule has 0 aliphatic carbocycles. The summed E-state index contributed by atoms with van der Waals surface area (Å²) in [4.78, 5) is 11.3. The highest BCUT2D eigenvalue weighted by Crippen LogP contribution is 2.27. The molecule has 170 valence electrons. The zero-order valence-electron chi connectivity index (χ0n) is 18.2. The van der Waals surface area contributed by atoms with Crippen molar-refractivity contribution in [3.63, 3.8) is 0 Å². The minimum absolute atomic E-state index is 0. The molecule has 0 radical (unpaired) electrons. The largest absolute Gasteiger partial charge is 0.368 e. The number of anilines is 1. The molecule has 1 atom stereocenters. The van der Waals surface area contributed by atoms with Crippen molar-refractivity contribution in [1.82, 2.24) is 20.2 Å². The third-order valence-electron chi connectivity index (χ3n) is 5.59. The summed E-state index contributed by atoms with van der Waals surface area (Å²) in [6.45, 7) is 3.33. The van der Waals surface area contributed by atoms with E-state index >= 15 is 0 Å². The van der Waals surface area contributed by atoms with E-state index in [0.717, 1.165) is 55.0 Å². The predicted molar refractivity (Wildman–Crippen MR) is 143 cm³/mol. The van der Waals surface area contributed by atoms with Crippen LogP contribution in [-0.4, -0.2) is 41.7 Å². The van der Waals surface area contributed by atoms with Crippen LogP contribution in [-0.2, 0) is 13.1 Å². The zero-order chi connectivity index (χ0) is 21.5. The van der Waals surface area contributed by atoms with Gasteiger partial charge in [0.2, 0.25) is 0 Å². The molecule has 0 amide bonds. The molecule has 0 spiro atoms. The van der Waals surface area contributed by atoms with Gasteiger partial charge in [0.05, 0.1) is 17.3 Å². The van der Waals surface area contributed by atoms with Crippen LogP contribution in [0, 0.1) is 0 Å². The number of imidazole rings is 1. The summed E-state index contributed by atoms with van der Waals surface area (Å²) in [5.74, 6) is 1.77. The molecule has 0 bridgehead atoms. The van der Waals surface area contributed by atoms with E-state index in [1.165, 1.54) is 5.56 Å². The van der Waals surface area contributed by atoms with Gasteiger partial charge in [-0.25, -0.2) is 4.98 Å². The maximum absolute atomic E-state index is 6.41. The molecule has 2 aromatic carbocycles. The highest BCUT2D eigenvalue weighted by Gasteiger charge is 2.22. The quantitative estimate of drug-likeness (QED) is 0.262. The van der Waals surface area contributed by atoms with Crippen molar-refractivity contribution in [2.75, 3.05) is 25.0 Å². The van der Waals surface area contributed by atoms with Crippen LogP contribution in [0.15, 0.2) is 72.0 Å². The Kier molecular flexibility index (Phi) is 9.23. The number of hydrogen-bond donors (Lipinski definition) is 2. The van der Waals surface area contributed by atoms with E-state index in [9.17, 15) is 0 Å². The molecule has 4 rings (SSSR count). The zero-order valence-corrected chi connectivity index (χ0v) is 21.3. The second kappa shape index (κ2) is 12.1. The summed E-state index contributed by atoms with van der Waals surface area (Å²) in [5, 5.41) is 7.80. The molecule has 1 aromatic heterocycles. The van der Waals surface area contributed by atoms with E-state index in [2.05, 4.69) is 60.4 Å². The Balaban J connectivity index is 0.00000289. The molecular formula is C24H30ClIN6. The lowest BCUT2D eigenvalue weighted by atomic mass is 10.0. The Bertz CT molecular complexity index is 1010. The van der Waals surface area contributed by atoms with Gasteiger partial charge >= 0.3 is 0 Å². The van der Waals surface area contributed by atoms with E-state index in [4.69, 9.17) is 11.6 Å². The summed E-state index contributed by atoms with van der Waals surface area (Å²) < 4.78 is 2.16. The van der Waals surface area contributed by atoms with Crippen LogP contribution in [0.5, 0.6) is 0 Å². The fourth-order valence-corrected chi connectivity index (χ4v) is 4.26. The van der Waals surface area contributed by atoms with E-state index < -0.39 is 0 Å². The van der Waals surface area contributed by atoms with Crippen LogP contribution in [0.25, 0.3) is 0 Å². The van der Waals surface area contributed by atoms with Gasteiger partial charge in [0.1, 0.15) is 5.82 Å². The van der Waals surface area contributed by atoms with Crippen LogP contribution >= 0.6 is 35.6 Å². The van der Waals surface area contributed by atoms with Crippen LogP contribution in [0.3, 0.4) is 0 Å². The highest BCUT2D eigenvalue weighted by atomic mass is 127. The van der Waals surface area contributed by atoms with Gasteiger partial charge in [0, 0.05) is 45.1 Å². The van der Waals surface area contributed by atoms with Crippen molar-refractivity contribution in [2.24, 2.45) is 4.99 Å². The highest BCUT2D eigenvalue weighted by molar-refractivity contribution is 14.0. The number of guanidine groups is 1. The Labute approximate surface area is 212 Å². The molecule has 0 saturated carbocycles. The fourth-order valence-electron chi connectivity index (χ4n) is 4.00. The lowest BCUT2D eigenvalue weighted by Gasteiger charge is -2.35. The third kappa shape index (κ3) is 6.38. The second-order valence-electron chi connectivity index (χ2n) is 7.76. The van der Waals surface area contributed by atoms with Crippen LogP contribution in [0.1, 0.15) is 24.2 Å². The van der Waals surface area contributed by atoms with Crippen molar-refractivity contribution in [3.8, 4) is 0 Å². The van der Waals surface area contributed by atoms with E-state index in [0.29, 0.717) is 12.6 Å². The Morgan fingerprint density at radius 2 is 1.94 bits per heavy atom. The number of nitrogens with one attached hydrogen (secondary N) is 2. The first-order valence-corrected chi connectivity index (χ1v) is 11.1. The van der Waals surface area contributed by atoms with Crippen molar-refractivity contribution < 1.29 is 0 Å². The van der Waals surface area contributed by atoms with Gasteiger partial charge in [-0.2, -0.15) is 0 Å². The van der Waals surface area contributed by atoms with Crippen LogP contribution in [0.4, 0.5) is 5.69 Å². The number of halogens is 2. The molecule has 2 N–H and O–H groups in total. The number of piperidine rings is 1. The first kappa shape index (κ1) is 24.4. The Morgan fingerprint density at radius 3 is 2.72 bits per heavy atom. The van der Waals surface area contributed by atoms with Crippen LogP contribution in [0.2, 0.25) is 5.02 Å². The molecular weight excluding hydrogens is 535 g/mol. The van der Waals surface area contributed by atoms with Crippen molar-refractivity contribution in [1.29, 1.82) is 0 Å². The lowest BCUT2D eigenvalue weighted by Crippen LogP contribution is -2.51. The normalized spacial score (nSPS) is 16.4. The van der Waals surface area contributed by atoms with Crippen LogP contribution < -0.4 is 15.5 Å². The fraction of sp³-hybridized carbons (Fsp3) is 0.333. The molecule has 6 nitrogen and oxygen atoms in total. The molecule has 2 heterocycles. The third-order valence-corrected chi connectivity index (χ3v) is 5.91. The standard InChI is InChI=1S/C24H29ClN6.HI/c1-26-24(28-16-23-27-13-15-31(23)17-19-8-3-2-4-9-19)29-20-10-7-14-30(18-20)22-12-6-5-11-21(22)25;/h2-6,8-9,11-13,15,20H,7,10,14,16-18H2,1H3,(H2,26,28,29);1H. The number of hydrogen-bond acceptors (Lipinski definition) is 3. The van der Waals surface area contributed by atoms with Gasteiger partial charge in [0.15, 0.2) is 5.96 Å². The van der Waals surface area contributed by atoms with E-state index in [1.54, 1.807) is 7.05 Å². The molecule has 1 fully saturated rings. The van der Waals surface area contributed by atoms with Gasteiger partial charge in [-0.3, -0.25) is 4.99 Å². The Hall–Kier alpha value is -2.26. The summed E-state index contributed by atoms with van der Waals surface area (Å²) in [5.41, 5.74) is 2.35. The summed E-state index contributed by atoms with van der Waals surface area (Å²) in [7, 11) is 1.81. The number of nitrogens with zero attached hydrogens (tertiary/aromatic N) is 4. The molecule has 1 aliphatic rings. The molecule has 1 unspecified atom stereocenters. The van der Waals surface area contributed by atoms with Crippen molar-refractivity contribution in [2.45, 2.75) is 32.0 Å². The minimum atomic E-state index is 0. The van der Waals surface area contributed by atoms with Gasteiger partial charge in [-0.1, -0.05) is 54.1 Å². The number of benzene rings is 2.